The number of hydrogen-bond donors (Lipinski definition) is 6. The van der Waals surface area contributed by atoms with Crippen LogP contribution in [0, 0.1) is 12.3 Å². The minimum atomic E-state index is -0.949. The van der Waals surface area contributed by atoms with Gasteiger partial charge in [-0.1, -0.05) is 99.6 Å². The number of amides is 6. The first-order valence-corrected chi connectivity index (χ1v) is 28.5. The summed E-state index contributed by atoms with van der Waals surface area (Å²) in [5.74, 6) is -1.88. The Morgan fingerprint density at radius 2 is 1.45 bits per heavy atom. The summed E-state index contributed by atoms with van der Waals surface area (Å²) in [7, 11) is 0. The molecule has 80 heavy (non-hydrogen) atoms. The zero-order valence-electron chi connectivity index (χ0n) is 45.4. The molecule has 1 fully saturated rings. The Bertz CT molecular complexity index is 3040. The molecule has 0 aliphatic carbocycles. The van der Waals surface area contributed by atoms with Gasteiger partial charge in [0.05, 0.1) is 61.8 Å². The van der Waals surface area contributed by atoms with Crippen LogP contribution in [0.15, 0.2) is 114 Å². The SMILES string of the molecule is Cc1ncsc1-c1ccc(CNC(=O)[C@@H]2C[C@@H](O)CN2C(=O)[C@@H](NC(=O)CCOCCOCCOCCC(=O)NCCNc2ccc(-c3ccc4c(c3)C(=O)N(C(C(=O)Nc3nccs3)c3ccccc3)C4)cc2)C(C)(C)C)cc1. The van der Waals surface area contributed by atoms with E-state index in [1.165, 1.54) is 16.2 Å². The molecule has 19 nitrogen and oxygen atoms in total. The van der Waals surface area contributed by atoms with Gasteiger partial charge in [0, 0.05) is 74.8 Å². The molecule has 2 aliphatic heterocycles. The number of thiazole rings is 2. The lowest BCUT2D eigenvalue weighted by atomic mass is 9.85. The first kappa shape index (κ1) is 58.7. The van der Waals surface area contributed by atoms with Crippen LogP contribution in [0.4, 0.5) is 10.8 Å². The lowest BCUT2D eigenvalue weighted by Gasteiger charge is -2.35. The van der Waals surface area contributed by atoms with Gasteiger partial charge in [-0.15, -0.1) is 22.7 Å². The molecule has 422 valence electrons. The van der Waals surface area contributed by atoms with E-state index in [0.717, 1.165) is 44.1 Å². The molecule has 6 N–H and O–H groups in total. The van der Waals surface area contributed by atoms with Gasteiger partial charge in [0.25, 0.3) is 11.8 Å². The smallest absolute Gasteiger partial charge is 0.255 e. The van der Waals surface area contributed by atoms with E-state index in [9.17, 15) is 33.9 Å². The first-order chi connectivity index (χ1) is 38.6. The summed E-state index contributed by atoms with van der Waals surface area (Å²) in [6.45, 7) is 10.3. The quantitative estimate of drug-likeness (QED) is 0.0293. The van der Waals surface area contributed by atoms with Gasteiger partial charge in [-0.25, -0.2) is 9.97 Å². The highest BCUT2D eigenvalue weighted by Crippen LogP contribution is 2.36. The second-order valence-corrected chi connectivity index (χ2v) is 22.3. The van der Waals surface area contributed by atoms with E-state index in [2.05, 4.69) is 36.6 Å². The van der Waals surface area contributed by atoms with Crippen molar-refractivity contribution in [1.82, 2.24) is 35.7 Å². The fraction of sp³-hybridized carbons (Fsp3) is 0.390. The summed E-state index contributed by atoms with van der Waals surface area (Å²) in [5, 5.41) is 27.7. The van der Waals surface area contributed by atoms with Crippen molar-refractivity contribution in [3.63, 3.8) is 0 Å². The van der Waals surface area contributed by atoms with Crippen molar-refractivity contribution in [3.8, 4) is 21.6 Å². The average molecular weight is 1130 g/mol. The molecule has 2 aromatic heterocycles. The Balaban J connectivity index is 0.659. The minimum absolute atomic E-state index is 0.00117. The number of rotatable bonds is 27. The van der Waals surface area contributed by atoms with E-state index in [1.807, 2.05) is 130 Å². The standard InChI is InChI=1S/C59H69N9O10S2/c1-38-52(80-37-64-38)42-12-10-39(11-13-42)34-63-54(72)48-33-46(69)36-67(48)57(75)53(59(2,3)4)65-50(71)21-26-77-28-30-78-29-27-76-25-20-49(70)61-23-22-60-45-18-16-40(17-19-45)43-14-15-44-35-68(56(74)47(44)32-43)51(41-8-6-5-7-9-41)55(73)66-58-62-24-31-79-58/h5-19,24,31-32,37,46,48,51,53,60,69H,20-23,25-30,33-36H2,1-4H3,(H,61,70)(H,63,72)(H,65,71)(H,62,66,73)/t46-,48+,51?,53-/m1/s1. The Kier molecular flexibility index (Phi) is 20.7. The van der Waals surface area contributed by atoms with Gasteiger partial charge in [-0.2, -0.15) is 0 Å². The third-order valence-electron chi connectivity index (χ3n) is 13.7. The average Bonchev–Trinajstić information content (AvgIpc) is 4.32. The first-order valence-electron chi connectivity index (χ1n) is 26.7. The van der Waals surface area contributed by atoms with Crippen LogP contribution in [0.1, 0.15) is 78.8 Å². The fourth-order valence-electron chi connectivity index (χ4n) is 9.44. The molecule has 4 aromatic carbocycles. The van der Waals surface area contributed by atoms with Gasteiger partial charge in [0.1, 0.15) is 18.1 Å². The van der Waals surface area contributed by atoms with Crippen LogP contribution in [0.25, 0.3) is 21.6 Å². The van der Waals surface area contributed by atoms with E-state index in [-0.39, 0.29) is 94.9 Å². The van der Waals surface area contributed by atoms with Crippen molar-refractivity contribution in [2.75, 3.05) is 69.9 Å². The molecular formula is C59H69N9O10S2. The number of fused-ring (bicyclic) bond motifs is 1. The van der Waals surface area contributed by atoms with E-state index in [0.29, 0.717) is 42.5 Å². The predicted octanol–water partition coefficient (Wildman–Crippen LogP) is 6.75. The molecule has 6 amide bonds. The molecule has 8 rings (SSSR count). The maximum Gasteiger partial charge on any atom is 0.255 e. The molecule has 2 aliphatic rings. The van der Waals surface area contributed by atoms with E-state index in [4.69, 9.17) is 14.2 Å². The van der Waals surface area contributed by atoms with Crippen LogP contribution >= 0.6 is 22.7 Å². The third-order valence-corrected chi connectivity index (χ3v) is 15.3. The van der Waals surface area contributed by atoms with Crippen LogP contribution in [0.5, 0.6) is 0 Å². The van der Waals surface area contributed by atoms with Crippen LogP contribution in [-0.2, 0) is 51.3 Å². The summed E-state index contributed by atoms with van der Waals surface area (Å²) >= 11 is 2.88. The highest BCUT2D eigenvalue weighted by molar-refractivity contribution is 7.14. The van der Waals surface area contributed by atoms with Gasteiger partial charge >= 0.3 is 0 Å². The summed E-state index contributed by atoms with van der Waals surface area (Å²) in [6.07, 6.45) is 1.03. The molecule has 4 atom stereocenters. The van der Waals surface area contributed by atoms with Crippen LogP contribution in [0.2, 0.25) is 0 Å². The molecular weight excluding hydrogens is 1060 g/mol. The third kappa shape index (κ3) is 15.9. The highest BCUT2D eigenvalue weighted by atomic mass is 32.1. The van der Waals surface area contributed by atoms with Crippen LogP contribution in [0.3, 0.4) is 0 Å². The summed E-state index contributed by atoms with van der Waals surface area (Å²) < 4.78 is 16.8. The number of hydrogen-bond acceptors (Lipinski definition) is 15. The molecule has 21 heteroatoms. The number of carbonyl (C=O) groups is 6. The number of ether oxygens (including phenoxy) is 3. The van der Waals surface area contributed by atoms with Crippen molar-refractivity contribution in [2.45, 2.75) is 84.3 Å². The maximum atomic E-state index is 14.0. The lowest BCUT2D eigenvalue weighted by Crippen LogP contribution is -2.57. The summed E-state index contributed by atoms with van der Waals surface area (Å²) in [4.78, 5) is 93.0. The molecule has 0 radical (unpaired) electrons. The second-order valence-electron chi connectivity index (χ2n) is 20.6. The number of benzene rings is 4. The second kappa shape index (κ2) is 28.1. The molecule has 0 saturated carbocycles. The van der Waals surface area contributed by atoms with Crippen molar-refractivity contribution < 1.29 is 48.1 Å². The summed E-state index contributed by atoms with van der Waals surface area (Å²) in [6, 6.07) is 28.1. The molecule has 1 unspecified atom stereocenters. The number of anilines is 2. The normalized spacial score (nSPS) is 15.7. The van der Waals surface area contributed by atoms with Gasteiger partial charge in [-0.05, 0) is 63.9 Å². The highest BCUT2D eigenvalue weighted by Gasteiger charge is 2.44. The van der Waals surface area contributed by atoms with Gasteiger partial charge < -0.3 is 50.4 Å². The number of aliphatic hydroxyl groups excluding tert-OH is 1. The van der Waals surface area contributed by atoms with Crippen molar-refractivity contribution in [3.05, 3.63) is 142 Å². The van der Waals surface area contributed by atoms with Crippen LogP contribution < -0.4 is 26.6 Å². The molecule has 0 bridgehead atoms. The van der Waals surface area contributed by atoms with Crippen LogP contribution in [-0.4, -0.2) is 138 Å². The van der Waals surface area contributed by atoms with Crippen molar-refractivity contribution >= 4 is 68.9 Å². The van der Waals surface area contributed by atoms with Gasteiger partial charge in [-0.3, -0.25) is 34.1 Å². The van der Waals surface area contributed by atoms with Gasteiger partial charge in [0.15, 0.2) is 5.13 Å². The number of likely N-dealkylation sites (tertiary alicyclic amines) is 1. The van der Waals surface area contributed by atoms with E-state index in [1.54, 1.807) is 27.8 Å². The lowest BCUT2D eigenvalue weighted by molar-refractivity contribution is -0.144. The Morgan fingerprint density at radius 3 is 2.11 bits per heavy atom. The number of β-amino-alcohol motifs (C(OH)–C–C–N with tert-alkyl or cyclic N) is 1. The number of carbonyl (C=O) groups excluding carboxylic acids is 6. The van der Waals surface area contributed by atoms with E-state index < -0.39 is 35.6 Å². The number of nitrogens with zero attached hydrogens (tertiary/aromatic N) is 4. The largest absolute Gasteiger partial charge is 0.391 e. The van der Waals surface area contributed by atoms with Crippen molar-refractivity contribution in [1.29, 1.82) is 0 Å². The predicted molar refractivity (Wildman–Crippen MR) is 307 cm³/mol. The Hall–Kier alpha value is -7.40. The Labute approximate surface area is 473 Å². The molecule has 4 heterocycles. The molecule has 0 spiro atoms. The Morgan fingerprint density at radius 1 is 0.775 bits per heavy atom. The number of aryl methyl sites for hydroxylation is 1. The number of aromatic nitrogens is 2. The zero-order chi connectivity index (χ0) is 56.6. The topological polar surface area (TPSA) is 243 Å². The van der Waals surface area contributed by atoms with E-state index >= 15 is 0 Å². The zero-order valence-corrected chi connectivity index (χ0v) is 47.0. The fourth-order valence-corrected chi connectivity index (χ4v) is 10.8. The monoisotopic (exact) mass is 1130 g/mol. The van der Waals surface area contributed by atoms with Crippen molar-refractivity contribution in [2.24, 2.45) is 5.41 Å². The summed E-state index contributed by atoms with van der Waals surface area (Å²) in [5.41, 5.74) is 8.79. The van der Waals surface area contributed by atoms with Gasteiger partial charge in [0.2, 0.25) is 23.6 Å². The molecule has 1 saturated heterocycles. The molecule has 6 aromatic rings. The number of nitrogens with one attached hydrogen (secondary N) is 5. The maximum absolute atomic E-state index is 14.0. The minimum Gasteiger partial charge on any atom is -0.391 e. The number of aliphatic hydroxyl groups is 1.